The Bertz CT molecular complexity index is 712. The molecule has 5 nitrogen and oxygen atoms in total. The number of nitrogens with zero attached hydrogens (tertiary/aromatic N) is 1. The molecule has 0 bridgehead atoms. The summed E-state index contributed by atoms with van der Waals surface area (Å²) in [6, 6.07) is 8.17. The van der Waals surface area contributed by atoms with E-state index >= 15 is 0 Å². The number of carbonyl (C=O) groups excluding carboxylic acids is 1. The van der Waals surface area contributed by atoms with Crippen molar-refractivity contribution in [1.82, 2.24) is 4.98 Å². The van der Waals surface area contributed by atoms with E-state index in [4.69, 9.17) is 5.11 Å². The first-order valence-corrected chi connectivity index (χ1v) is 5.96. The van der Waals surface area contributed by atoms with Crippen LogP contribution in [0.25, 0.3) is 0 Å². The van der Waals surface area contributed by atoms with E-state index in [0.29, 0.717) is 0 Å². The zero-order valence-corrected chi connectivity index (χ0v) is 10.9. The fourth-order valence-electron chi connectivity index (χ4n) is 1.61. The molecule has 2 rings (SSSR count). The van der Waals surface area contributed by atoms with E-state index < -0.39 is 29.4 Å². The summed E-state index contributed by atoms with van der Waals surface area (Å²) in [5.74, 6) is -1.95. The van der Waals surface area contributed by atoms with Gasteiger partial charge in [0.25, 0.3) is 5.91 Å². The summed E-state index contributed by atoms with van der Waals surface area (Å²) in [6.45, 7) is 0. The van der Waals surface area contributed by atoms with Crippen LogP contribution in [-0.2, 0) is 6.18 Å². The Morgan fingerprint density at radius 1 is 1.05 bits per heavy atom. The van der Waals surface area contributed by atoms with Gasteiger partial charge in [-0.3, -0.25) is 4.79 Å². The Hall–Kier alpha value is -2.90. The number of carboxylic acids is 1. The molecule has 0 spiro atoms. The number of amides is 1. The number of benzene rings is 1. The first-order chi connectivity index (χ1) is 10.3. The van der Waals surface area contributed by atoms with Gasteiger partial charge in [0, 0.05) is 5.69 Å². The number of aromatic nitrogens is 1. The molecule has 1 aromatic heterocycles. The smallest absolute Gasteiger partial charge is 0.433 e. The number of aromatic carboxylic acids is 1. The van der Waals surface area contributed by atoms with Gasteiger partial charge in [-0.2, -0.15) is 13.2 Å². The molecule has 22 heavy (non-hydrogen) atoms. The molecule has 1 amide bonds. The first-order valence-electron chi connectivity index (χ1n) is 5.96. The Balaban J connectivity index is 2.17. The number of alkyl halides is 3. The van der Waals surface area contributed by atoms with Crippen molar-refractivity contribution in [1.29, 1.82) is 0 Å². The van der Waals surface area contributed by atoms with Gasteiger partial charge in [-0.25, -0.2) is 9.78 Å². The molecular formula is C14H9F3N2O3. The number of halogens is 3. The average Bonchev–Trinajstić information content (AvgIpc) is 2.47. The van der Waals surface area contributed by atoms with Crippen molar-refractivity contribution in [2.75, 3.05) is 5.32 Å². The standard InChI is InChI=1S/C14H9F3N2O3/c15-14(16,17)11-3-1-2-10(19-11)12(20)18-9-6-4-8(5-7-9)13(21)22/h1-7H,(H,18,20)(H,21,22). The van der Waals surface area contributed by atoms with Crippen LogP contribution in [0.5, 0.6) is 0 Å². The molecule has 1 aromatic carbocycles. The second kappa shape index (κ2) is 5.84. The lowest BCUT2D eigenvalue weighted by molar-refractivity contribution is -0.141. The van der Waals surface area contributed by atoms with Gasteiger partial charge in [0.15, 0.2) is 0 Å². The molecule has 0 fully saturated rings. The Morgan fingerprint density at radius 3 is 2.23 bits per heavy atom. The number of carbonyl (C=O) groups is 2. The minimum atomic E-state index is -4.64. The summed E-state index contributed by atoms with van der Waals surface area (Å²) in [5, 5.41) is 11.1. The van der Waals surface area contributed by atoms with E-state index in [1.54, 1.807) is 0 Å². The minimum Gasteiger partial charge on any atom is -0.478 e. The molecule has 0 aliphatic carbocycles. The quantitative estimate of drug-likeness (QED) is 0.913. The SMILES string of the molecule is O=C(O)c1ccc(NC(=O)c2cccc(C(F)(F)F)n2)cc1. The maximum absolute atomic E-state index is 12.5. The fourth-order valence-corrected chi connectivity index (χ4v) is 1.61. The van der Waals surface area contributed by atoms with Crippen LogP contribution < -0.4 is 5.32 Å². The molecule has 0 saturated heterocycles. The molecule has 0 aliphatic heterocycles. The first kappa shape index (κ1) is 15.5. The van der Waals surface area contributed by atoms with E-state index in [1.165, 1.54) is 24.3 Å². The average molecular weight is 310 g/mol. The highest BCUT2D eigenvalue weighted by atomic mass is 19.4. The number of anilines is 1. The highest BCUT2D eigenvalue weighted by Gasteiger charge is 2.32. The van der Waals surface area contributed by atoms with Crippen LogP contribution in [-0.4, -0.2) is 22.0 Å². The summed E-state index contributed by atoms with van der Waals surface area (Å²) >= 11 is 0. The van der Waals surface area contributed by atoms with Gasteiger partial charge < -0.3 is 10.4 Å². The van der Waals surface area contributed by atoms with Gasteiger partial charge in [0.2, 0.25) is 0 Å². The number of pyridine rings is 1. The Kier molecular flexibility index (Phi) is 4.11. The number of hydrogen-bond acceptors (Lipinski definition) is 3. The Labute approximate surface area is 122 Å². The Morgan fingerprint density at radius 2 is 1.68 bits per heavy atom. The molecule has 2 aromatic rings. The van der Waals surface area contributed by atoms with Crippen LogP contribution in [0.1, 0.15) is 26.5 Å². The van der Waals surface area contributed by atoms with Crippen molar-refractivity contribution >= 4 is 17.6 Å². The third-order valence-electron chi connectivity index (χ3n) is 2.66. The number of carboxylic acid groups (broad SMARTS) is 1. The summed E-state index contributed by atoms with van der Waals surface area (Å²) in [6.07, 6.45) is -4.64. The third-order valence-corrected chi connectivity index (χ3v) is 2.66. The molecule has 0 saturated carbocycles. The van der Waals surface area contributed by atoms with Crippen LogP contribution in [0.3, 0.4) is 0 Å². The van der Waals surface area contributed by atoms with E-state index in [9.17, 15) is 22.8 Å². The molecule has 114 valence electrons. The monoisotopic (exact) mass is 310 g/mol. The topological polar surface area (TPSA) is 79.3 Å². The van der Waals surface area contributed by atoms with E-state index in [2.05, 4.69) is 10.3 Å². The zero-order chi connectivity index (χ0) is 16.3. The van der Waals surface area contributed by atoms with Crippen molar-refractivity contribution in [3.05, 3.63) is 59.4 Å². The van der Waals surface area contributed by atoms with Crippen LogP contribution in [0.15, 0.2) is 42.5 Å². The number of hydrogen-bond donors (Lipinski definition) is 2. The minimum absolute atomic E-state index is 0.0233. The summed E-state index contributed by atoms with van der Waals surface area (Å²) in [7, 11) is 0. The van der Waals surface area contributed by atoms with Crippen LogP contribution >= 0.6 is 0 Å². The van der Waals surface area contributed by atoms with Gasteiger partial charge in [0.1, 0.15) is 11.4 Å². The molecular weight excluding hydrogens is 301 g/mol. The zero-order valence-electron chi connectivity index (χ0n) is 10.9. The van der Waals surface area contributed by atoms with Crippen LogP contribution in [0, 0.1) is 0 Å². The van der Waals surface area contributed by atoms with E-state index in [0.717, 1.165) is 18.2 Å². The van der Waals surface area contributed by atoms with Crippen molar-refractivity contribution < 1.29 is 27.9 Å². The summed E-state index contributed by atoms with van der Waals surface area (Å²) < 4.78 is 37.6. The maximum Gasteiger partial charge on any atom is 0.433 e. The highest BCUT2D eigenvalue weighted by Crippen LogP contribution is 2.27. The molecule has 8 heteroatoms. The summed E-state index contributed by atoms with van der Waals surface area (Å²) in [5.41, 5.74) is -1.29. The van der Waals surface area contributed by atoms with E-state index in [-0.39, 0.29) is 11.3 Å². The lowest BCUT2D eigenvalue weighted by Crippen LogP contribution is -2.17. The van der Waals surface area contributed by atoms with Gasteiger partial charge in [-0.15, -0.1) is 0 Å². The molecule has 0 radical (unpaired) electrons. The molecule has 0 aliphatic rings. The van der Waals surface area contributed by atoms with Crippen molar-refractivity contribution in [2.24, 2.45) is 0 Å². The normalized spacial score (nSPS) is 11.0. The summed E-state index contributed by atoms with van der Waals surface area (Å²) in [4.78, 5) is 25.8. The van der Waals surface area contributed by atoms with Crippen LogP contribution in [0.4, 0.5) is 18.9 Å². The number of rotatable bonds is 3. The second-order valence-corrected chi connectivity index (χ2v) is 4.24. The fraction of sp³-hybridized carbons (Fsp3) is 0.0714. The molecule has 0 unspecified atom stereocenters. The second-order valence-electron chi connectivity index (χ2n) is 4.24. The number of nitrogens with one attached hydrogen (secondary N) is 1. The van der Waals surface area contributed by atoms with Gasteiger partial charge in [0.05, 0.1) is 5.56 Å². The van der Waals surface area contributed by atoms with Crippen molar-refractivity contribution in [3.63, 3.8) is 0 Å². The van der Waals surface area contributed by atoms with Gasteiger partial charge >= 0.3 is 12.1 Å². The lowest BCUT2D eigenvalue weighted by Gasteiger charge is -2.08. The maximum atomic E-state index is 12.5. The molecule has 1 heterocycles. The predicted octanol–water partition coefficient (Wildman–Crippen LogP) is 3.05. The molecule has 0 atom stereocenters. The van der Waals surface area contributed by atoms with Crippen molar-refractivity contribution in [2.45, 2.75) is 6.18 Å². The van der Waals surface area contributed by atoms with E-state index in [1.807, 2.05) is 0 Å². The third kappa shape index (κ3) is 3.60. The van der Waals surface area contributed by atoms with Crippen molar-refractivity contribution in [3.8, 4) is 0 Å². The van der Waals surface area contributed by atoms with Gasteiger partial charge in [-0.1, -0.05) is 6.07 Å². The highest BCUT2D eigenvalue weighted by molar-refractivity contribution is 6.03. The molecule has 2 N–H and O–H groups in total. The van der Waals surface area contributed by atoms with Gasteiger partial charge in [-0.05, 0) is 36.4 Å². The largest absolute Gasteiger partial charge is 0.478 e. The predicted molar refractivity (Wildman–Crippen MR) is 70.6 cm³/mol. The van der Waals surface area contributed by atoms with Crippen LogP contribution in [0.2, 0.25) is 0 Å². The lowest BCUT2D eigenvalue weighted by atomic mass is 10.2.